The second kappa shape index (κ2) is 10.3. The zero-order valence-electron chi connectivity index (χ0n) is 17.6. The molecule has 2 amide bonds. The first-order valence-electron chi connectivity index (χ1n) is 9.84. The number of carbonyl (C=O) groups excluding carboxylic acids is 2. The Hall–Kier alpha value is -2.63. The van der Waals surface area contributed by atoms with E-state index in [9.17, 15) is 22.4 Å². The summed E-state index contributed by atoms with van der Waals surface area (Å²) in [6.07, 6.45) is 2.06. The molecule has 2 aromatic rings. The molecule has 172 valence electrons. The number of sulfonamides is 1. The summed E-state index contributed by atoms with van der Waals surface area (Å²) in [6.45, 7) is 1.68. The molecule has 1 heterocycles. The van der Waals surface area contributed by atoms with E-state index >= 15 is 0 Å². The maximum Gasteiger partial charge on any atom is 0.262 e. The number of fused-ring (bicyclic) bond motifs is 1. The van der Waals surface area contributed by atoms with E-state index in [0.29, 0.717) is 22.8 Å². The van der Waals surface area contributed by atoms with Crippen molar-refractivity contribution >= 4 is 39.3 Å². The van der Waals surface area contributed by atoms with Crippen LogP contribution in [0.5, 0.6) is 5.75 Å². The van der Waals surface area contributed by atoms with Gasteiger partial charge in [-0.15, -0.1) is 0 Å². The Bertz CT molecular complexity index is 1110. The van der Waals surface area contributed by atoms with Crippen LogP contribution in [0.25, 0.3) is 0 Å². The van der Waals surface area contributed by atoms with E-state index in [-0.39, 0.29) is 18.9 Å². The molecular formula is C21H24FN3O5S2. The molecule has 8 nitrogen and oxygen atoms in total. The van der Waals surface area contributed by atoms with Crippen LogP contribution in [0.15, 0.2) is 47.4 Å². The van der Waals surface area contributed by atoms with E-state index in [1.54, 1.807) is 25.1 Å². The van der Waals surface area contributed by atoms with Crippen molar-refractivity contribution in [3.8, 4) is 5.75 Å². The Morgan fingerprint density at radius 1 is 1.28 bits per heavy atom. The highest BCUT2D eigenvalue weighted by atomic mass is 32.2. The number of amides is 2. The van der Waals surface area contributed by atoms with Gasteiger partial charge in [-0.25, -0.2) is 12.8 Å². The number of thioether (sulfide) groups is 1. The standard InChI is InChI=1S/C21H24FN3O5S2/c1-13(14-7-8-18-17(11-14)24-20(26)12-30-18)23-21(27)16(9-10-31-2)25-32(28,29)19-6-4-3-5-15(19)22/h3-8,11,13,16,25H,9-10,12H2,1-2H3,(H,23,27)(H,24,26). The molecule has 1 aliphatic rings. The molecule has 0 aliphatic carbocycles. The van der Waals surface area contributed by atoms with Gasteiger partial charge in [0, 0.05) is 0 Å². The monoisotopic (exact) mass is 481 g/mol. The summed E-state index contributed by atoms with van der Waals surface area (Å²) in [4.78, 5) is 24.0. The minimum atomic E-state index is -4.24. The lowest BCUT2D eigenvalue weighted by molar-refractivity contribution is -0.123. The fourth-order valence-corrected chi connectivity index (χ4v) is 4.94. The number of nitrogens with one attached hydrogen (secondary N) is 3. The quantitative estimate of drug-likeness (QED) is 0.507. The van der Waals surface area contributed by atoms with Gasteiger partial charge in [-0.3, -0.25) is 9.59 Å². The lowest BCUT2D eigenvalue weighted by Crippen LogP contribution is -2.47. The zero-order chi connectivity index (χ0) is 23.3. The Morgan fingerprint density at radius 3 is 2.75 bits per heavy atom. The molecule has 0 saturated carbocycles. The van der Waals surface area contributed by atoms with Crippen molar-refractivity contribution in [3.05, 3.63) is 53.8 Å². The molecule has 3 N–H and O–H groups in total. The summed E-state index contributed by atoms with van der Waals surface area (Å²) < 4.78 is 47.1. The fourth-order valence-electron chi connectivity index (χ4n) is 3.16. The van der Waals surface area contributed by atoms with E-state index in [2.05, 4.69) is 15.4 Å². The first-order valence-corrected chi connectivity index (χ1v) is 12.7. The van der Waals surface area contributed by atoms with Gasteiger partial charge in [0.1, 0.15) is 22.5 Å². The Balaban J connectivity index is 1.75. The van der Waals surface area contributed by atoms with E-state index < -0.39 is 38.7 Å². The van der Waals surface area contributed by atoms with Crippen LogP contribution < -0.4 is 20.1 Å². The number of benzene rings is 2. The molecule has 0 fully saturated rings. The van der Waals surface area contributed by atoms with Crippen LogP contribution in [0.2, 0.25) is 0 Å². The molecule has 2 aromatic carbocycles. The van der Waals surface area contributed by atoms with Gasteiger partial charge in [0.25, 0.3) is 5.91 Å². The smallest absolute Gasteiger partial charge is 0.262 e. The number of hydrogen-bond donors (Lipinski definition) is 3. The normalized spacial score (nSPS) is 15.2. The highest BCUT2D eigenvalue weighted by Gasteiger charge is 2.28. The summed E-state index contributed by atoms with van der Waals surface area (Å²) in [7, 11) is -4.24. The third-order valence-electron chi connectivity index (χ3n) is 4.85. The van der Waals surface area contributed by atoms with Crippen molar-refractivity contribution in [2.45, 2.75) is 30.3 Å². The van der Waals surface area contributed by atoms with Crippen molar-refractivity contribution in [2.24, 2.45) is 0 Å². The first-order chi connectivity index (χ1) is 15.2. The van der Waals surface area contributed by atoms with Crippen LogP contribution in [0.4, 0.5) is 10.1 Å². The zero-order valence-corrected chi connectivity index (χ0v) is 19.2. The molecule has 1 aliphatic heterocycles. The lowest BCUT2D eigenvalue weighted by atomic mass is 10.1. The second-order valence-electron chi connectivity index (χ2n) is 7.21. The van der Waals surface area contributed by atoms with Crippen LogP contribution in [-0.2, 0) is 19.6 Å². The first kappa shape index (κ1) is 24.0. The molecule has 0 saturated heterocycles. The van der Waals surface area contributed by atoms with Crippen molar-refractivity contribution in [3.63, 3.8) is 0 Å². The lowest BCUT2D eigenvalue weighted by Gasteiger charge is -2.23. The third-order valence-corrected chi connectivity index (χ3v) is 6.99. The van der Waals surface area contributed by atoms with Gasteiger partial charge in [0.15, 0.2) is 6.61 Å². The van der Waals surface area contributed by atoms with Crippen molar-refractivity contribution in [2.75, 3.05) is 23.9 Å². The largest absolute Gasteiger partial charge is 0.482 e. The number of rotatable bonds is 9. The van der Waals surface area contributed by atoms with E-state index in [4.69, 9.17) is 4.74 Å². The molecule has 0 aromatic heterocycles. The van der Waals surface area contributed by atoms with Crippen molar-refractivity contribution in [1.29, 1.82) is 0 Å². The molecule has 0 bridgehead atoms. The van der Waals surface area contributed by atoms with Crippen molar-refractivity contribution < 1.29 is 27.1 Å². The average Bonchev–Trinajstić information content (AvgIpc) is 2.76. The van der Waals surface area contributed by atoms with Gasteiger partial charge >= 0.3 is 0 Å². The summed E-state index contributed by atoms with van der Waals surface area (Å²) in [5.74, 6) is -0.650. The number of carbonyl (C=O) groups is 2. The molecule has 3 rings (SSSR count). The minimum absolute atomic E-state index is 0.0576. The summed E-state index contributed by atoms with van der Waals surface area (Å²) in [5, 5.41) is 5.50. The van der Waals surface area contributed by atoms with E-state index in [1.807, 2.05) is 6.26 Å². The van der Waals surface area contributed by atoms with Gasteiger partial charge < -0.3 is 15.4 Å². The average molecular weight is 482 g/mol. The summed E-state index contributed by atoms with van der Waals surface area (Å²) in [5.41, 5.74) is 1.20. The van der Waals surface area contributed by atoms with Crippen LogP contribution in [0, 0.1) is 5.82 Å². The van der Waals surface area contributed by atoms with Crippen LogP contribution in [0.1, 0.15) is 24.9 Å². The number of halogens is 1. The predicted molar refractivity (Wildman–Crippen MR) is 121 cm³/mol. The number of anilines is 1. The number of ether oxygens (including phenoxy) is 1. The van der Waals surface area contributed by atoms with Crippen LogP contribution in [-0.4, -0.2) is 44.9 Å². The molecule has 0 spiro atoms. The Morgan fingerprint density at radius 2 is 2.03 bits per heavy atom. The van der Waals surface area contributed by atoms with Crippen molar-refractivity contribution in [1.82, 2.24) is 10.0 Å². The van der Waals surface area contributed by atoms with Gasteiger partial charge in [0.05, 0.1) is 11.7 Å². The molecule has 32 heavy (non-hydrogen) atoms. The number of hydrogen-bond acceptors (Lipinski definition) is 6. The SMILES string of the molecule is CSCCC(NS(=O)(=O)c1ccccc1F)C(=O)NC(C)c1ccc2c(c1)NC(=O)CO2. The minimum Gasteiger partial charge on any atom is -0.482 e. The maximum absolute atomic E-state index is 14.0. The molecule has 2 atom stereocenters. The van der Waals surface area contributed by atoms with Gasteiger partial charge in [-0.05, 0) is 55.2 Å². The van der Waals surface area contributed by atoms with E-state index in [1.165, 1.54) is 23.9 Å². The van der Waals surface area contributed by atoms with E-state index in [0.717, 1.165) is 12.1 Å². The molecule has 2 unspecified atom stereocenters. The molecule has 11 heteroatoms. The summed E-state index contributed by atoms with van der Waals surface area (Å²) in [6, 6.07) is 8.56. The third kappa shape index (κ3) is 5.78. The maximum atomic E-state index is 14.0. The van der Waals surface area contributed by atoms with Crippen LogP contribution in [0.3, 0.4) is 0 Å². The fraction of sp³-hybridized carbons (Fsp3) is 0.333. The second-order valence-corrected chi connectivity index (χ2v) is 9.88. The van der Waals surface area contributed by atoms with Gasteiger partial charge in [0.2, 0.25) is 15.9 Å². The molecule has 0 radical (unpaired) electrons. The predicted octanol–water partition coefficient (Wildman–Crippen LogP) is 2.43. The summed E-state index contributed by atoms with van der Waals surface area (Å²) >= 11 is 1.46. The topological polar surface area (TPSA) is 114 Å². The highest BCUT2D eigenvalue weighted by molar-refractivity contribution is 7.98. The van der Waals surface area contributed by atoms with Gasteiger partial charge in [-0.1, -0.05) is 18.2 Å². The molecular weight excluding hydrogens is 457 g/mol. The van der Waals surface area contributed by atoms with Gasteiger partial charge in [-0.2, -0.15) is 16.5 Å². The highest BCUT2D eigenvalue weighted by Crippen LogP contribution is 2.30. The Labute approximate surface area is 190 Å². The Kier molecular flexibility index (Phi) is 7.75. The van der Waals surface area contributed by atoms with Crippen LogP contribution >= 0.6 is 11.8 Å².